The molecule has 1 atom stereocenters. The number of likely N-dealkylation sites (N-methyl/N-ethyl adjacent to an activating group) is 1. The standard InChI is InChI=1S/C25H33FN2O4/c1-5-21(25(30)27-4)28(17-19-8-12-20(26)13-9-19)24(29)15-11-18-10-14-22(31-6-2)23(16-18)32-7-3/h8-10,12-14,16,21H,5-7,11,15,17H2,1-4H3,(H,27,30). The summed E-state index contributed by atoms with van der Waals surface area (Å²) < 4.78 is 24.6. The lowest BCUT2D eigenvalue weighted by atomic mass is 10.1. The first-order valence-electron chi connectivity index (χ1n) is 11.1. The Balaban J connectivity index is 2.19. The van der Waals surface area contributed by atoms with Gasteiger partial charge in [0.15, 0.2) is 11.5 Å². The van der Waals surface area contributed by atoms with Crippen LogP contribution in [0.1, 0.15) is 44.7 Å². The molecule has 0 saturated heterocycles. The van der Waals surface area contributed by atoms with Crippen molar-refractivity contribution in [2.24, 2.45) is 0 Å². The monoisotopic (exact) mass is 444 g/mol. The SMILES string of the molecule is CCOc1ccc(CCC(=O)N(Cc2ccc(F)cc2)C(CC)C(=O)NC)cc1OCC. The van der Waals surface area contributed by atoms with Crippen molar-refractivity contribution < 1.29 is 23.5 Å². The molecule has 0 aliphatic carbocycles. The van der Waals surface area contributed by atoms with Gasteiger partial charge in [-0.2, -0.15) is 0 Å². The van der Waals surface area contributed by atoms with E-state index in [1.54, 1.807) is 24.1 Å². The first-order chi connectivity index (χ1) is 15.4. The minimum atomic E-state index is -0.600. The van der Waals surface area contributed by atoms with Crippen LogP contribution in [0.4, 0.5) is 4.39 Å². The Morgan fingerprint density at radius 3 is 2.19 bits per heavy atom. The lowest BCUT2D eigenvalue weighted by Crippen LogP contribution is -2.48. The Bertz CT molecular complexity index is 886. The van der Waals surface area contributed by atoms with Crippen LogP contribution in [0.25, 0.3) is 0 Å². The largest absolute Gasteiger partial charge is 0.490 e. The van der Waals surface area contributed by atoms with Gasteiger partial charge in [0, 0.05) is 20.0 Å². The zero-order chi connectivity index (χ0) is 23.5. The number of carbonyl (C=O) groups excluding carboxylic acids is 2. The number of hydrogen-bond acceptors (Lipinski definition) is 4. The maximum absolute atomic E-state index is 13.3. The molecule has 7 heteroatoms. The van der Waals surface area contributed by atoms with E-state index in [-0.39, 0.29) is 30.6 Å². The second kappa shape index (κ2) is 12.7. The third kappa shape index (κ3) is 6.97. The predicted octanol–water partition coefficient (Wildman–Crippen LogP) is 4.11. The van der Waals surface area contributed by atoms with Crippen LogP contribution in [0, 0.1) is 5.82 Å². The summed E-state index contributed by atoms with van der Waals surface area (Å²) in [6.07, 6.45) is 1.20. The Hall–Kier alpha value is -3.09. The van der Waals surface area contributed by atoms with E-state index < -0.39 is 6.04 Å². The number of halogens is 1. The van der Waals surface area contributed by atoms with Crippen LogP contribution in [0.15, 0.2) is 42.5 Å². The van der Waals surface area contributed by atoms with E-state index >= 15 is 0 Å². The van der Waals surface area contributed by atoms with Crippen molar-refractivity contribution in [2.45, 2.75) is 52.6 Å². The van der Waals surface area contributed by atoms with Crippen LogP contribution in [0.3, 0.4) is 0 Å². The van der Waals surface area contributed by atoms with Crippen molar-refractivity contribution in [1.29, 1.82) is 0 Å². The van der Waals surface area contributed by atoms with Crippen LogP contribution in [-0.2, 0) is 22.6 Å². The molecule has 0 saturated carbocycles. The highest BCUT2D eigenvalue weighted by Gasteiger charge is 2.27. The summed E-state index contributed by atoms with van der Waals surface area (Å²) in [6, 6.07) is 11.0. The van der Waals surface area contributed by atoms with Crippen molar-refractivity contribution >= 4 is 11.8 Å². The summed E-state index contributed by atoms with van der Waals surface area (Å²) in [5, 5.41) is 2.64. The van der Waals surface area contributed by atoms with E-state index in [4.69, 9.17) is 9.47 Å². The van der Waals surface area contributed by atoms with E-state index in [1.165, 1.54) is 12.1 Å². The zero-order valence-corrected chi connectivity index (χ0v) is 19.3. The maximum atomic E-state index is 13.3. The van der Waals surface area contributed by atoms with Gasteiger partial charge in [0.05, 0.1) is 13.2 Å². The summed E-state index contributed by atoms with van der Waals surface area (Å²) in [5.74, 6) is 0.622. The molecule has 1 N–H and O–H groups in total. The van der Waals surface area contributed by atoms with Gasteiger partial charge in [-0.05, 0) is 62.1 Å². The minimum absolute atomic E-state index is 0.142. The fourth-order valence-electron chi connectivity index (χ4n) is 3.52. The third-order valence-electron chi connectivity index (χ3n) is 5.13. The molecular formula is C25H33FN2O4. The van der Waals surface area contributed by atoms with Gasteiger partial charge in [-0.25, -0.2) is 4.39 Å². The normalized spacial score (nSPS) is 11.5. The van der Waals surface area contributed by atoms with Crippen molar-refractivity contribution in [3.63, 3.8) is 0 Å². The Morgan fingerprint density at radius 1 is 0.969 bits per heavy atom. The van der Waals surface area contributed by atoms with Gasteiger partial charge in [-0.15, -0.1) is 0 Å². The molecule has 0 spiro atoms. The van der Waals surface area contributed by atoms with Crippen LogP contribution in [0.5, 0.6) is 11.5 Å². The van der Waals surface area contributed by atoms with Gasteiger partial charge in [0.1, 0.15) is 11.9 Å². The summed E-state index contributed by atoms with van der Waals surface area (Å²) in [5.41, 5.74) is 1.71. The average molecular weight is 445 g/mol. The van der Waals surface area contributed by atoms with Crippen LogP contribution in [0.2, 0.25) is 0 Å². The number of nitrogens with one attached hydrogen (secondary N) is 1. The van der Waals surface area contributed by atoms with E-state index in [9.17, 15) is 14.0 Å². The molecular weight excluding hydrogens is 411 g/mol. The second-order valence-corrected chi connectivity index (χ2v) is 7.33. The highest BCUT2D eigenvalue weighted by Crippen LogP contribution is 2.29. The molecule has 2 rings (SSSR count). The highest BCUT2D eigenvalue weighted by molar-refractivity contribution is 5.87. The number of carbonyl (C=O) groups is 2. The number of amides is 2. The number of ether oxygens (including phenoxy) is 2. The minimum Gasteiger partial charge on any atom is -0.490 e. The molecule has 2 amide bonds. The molecule has 6 nitrogen and oxygen atoms in total. The average Bonchev–Trinajstić information content (AvgIpc) is 2.80. The second-order valence-electron chi connectivity index (χ2n) is 7.33. The van der Waals surface area contributed by atoms with Crippen LogP contribution >= 0.6 is 0 Å². The summed E-state index contributed by atoms with van der Waals surface area (Å²) in [4.78, 5) is 27.2. The lowest BCUT2D eigenvalue weighted by Gasteiger charge is -2.30. The first-order valence-corrected chi connectivity index (χ1v) is 11.1. The molecule has 2 aromatic carbocycles. The molecule has 0 radical (unpaired) electrons. The molecule has 2 aromatic rings. The molecule has 0 fully saturated rings. The summed E-state index contributed by atoms with van der Waals surface area (Å²) in [6.45, 7) is 6.97. The molecule has 0 bridgehead atoms. The van der Waals surface area contributed by atoms with E-state index in [2.05, 4.69) is 5.32 Å². The number of hydrogen-bond donors (Lipinski definition) is 1. The fraction of sp³-hybridized carbons (Fsp3) is 0.440. The summed E-state index contributed by atoms with van der Waals surface area (Å²) in [7, 11) is 1.56. The van der Waals surface area contributed by atoms with Gasteiger partial charge < -0.3 is 19.7 Å². The number of benzene rings is 2. The van der Waals surface area contributed by atoms with E-state index in [1.807, 2.05) is 39.0 Å². The van der Waals surface area contributed by atoms with E-state index in [0.29, 0.717) is 37.6 Å². The molecule has 1 unspecified atom stereocenters. The Morgan fingerprint density at radius 2 is 1.59 bits per heavy atom. The van der Waals surface area contributed by atoms with Gasteiger partial charge >= 0.3 is 0 Å². The Labute approximate surface area is 189 Å². The smallest absolute Gasteiger partial charge is 0.242 e. The summed E-state index contributed by atoms with van der Waals surface area (Å²) >= 11 is 0. The van der Waals surface area contributed by atoms with Crippen molar-refractivity contribution in [3.8, 4) is 11.5 Å². The molecule has 0 aliphatic rings. The molecule has 0 aromatic heterocycles. The molecule has 0 aliphatic heterocycles. The van der Waals surface area contributed by atoms with Crippen molar-refractivity contribution in [1.82, 2.24) is 10.2 Å². The fourth-order valence-corrected chi connectivity index (χ4v) is 3.52. The Kier molecular flexibility index (Phi) is 9.98. The topological polar surface area (TPSA) is 67.9 Å². The van der Waals surface area contributed by atoms with Crippen molar-refractivity contribution in [3.05, 3.63) is 59.4 Å². The predicted molar refractivity (Wildman–Crippen MR) is 122 cm³/mol. The number of rotatable bonds is 12. The van der Waals surface area contributed by atoms with Gasteiger partial charge in [0.25, 0.3) is 0 Å². The highest BCUT2D eigenvalue weighted by atomic mass is 19.1. The first kappa shape index (κ1) is 25.2. The quantitative estimate of drug-likeness (QED) is 0.535. The molecule has 32 heavy (non-hydrogen) atoms. The zero-order valence-electron chi connectivity index (χ0n) is 19.3. The van der Waals surface area contributed by atoms with Crippen molar-refractivity contribution in [2.75, 3.05) is 20.3 Å². The third-order valence-corrected chi connectivity index (χ3v) is 5.13. The van der Waals surface area contributed by atoms with Crippen LogP contribution in [-0.4, -0.2) is 43.0 Å². The lowest BCUT2D eigenvalue weighted by molar-refractivity contribution is -0.141. The number of aryl methyl sites for hydroxylation is 1. The number of nitrogens with zero attached hydrogens (tertiary/aromatic N) is 1. The van der Waals surface area contributed by atoms with Crippen LogP contribution < -0.4 is 14.8 Å². The van der Waals surface area contributed by atoms with Gasteiger partial charge in [0.2, 0.25) is 11.8 Å². The molecule has 0 heterocycles. The van der Waals surface area contributed by atoms with E-state index in [0.717, 1.165) is 11.1 Å². The van der Waals surface area contributed by atoms with Gasteiger partial charge in [-0.3, -0.25) is 9.59 Å². The maximum Gasteiger partial charge on any atom is 0.242 e. The van der Waals surface area contributed by atoms with Gasteiger partial charge in [-0.1, -0.05) is 25.1 Å². The molecule has 174 valence electrons.